The number of hydrogen-bond donors (Lipinski definition) is 1. The number of hydrogen-bond acceptors (Lipinski definition) is 2. The first kappa shape index (κ1) is 13.5. The van der Waals surface area contributed by atoms with Crippen LogP contribution >= 0.6 is 28.1 Å². The van der Waals surface area contributed by atoms with E-state index in [1.807, 2.05) is 23.9 Å². The zero-order chi connectivity index (χ0) is 14.3. The lowest BCUT2D eigenvalue weighted by Gasteiger charge is -2.03. The number of nitrogens with zero attached hydrogens (tertiary/aromatic N) is 3. The van der Waals surface area contributed by atoms with Gasteiger partial charge in [-0.15, -0.1) is 0 Å². The number of nitrogens with one attached hydrogen (secondary N) is 1. The van der Waals surface area contributed by atoms with Gasteiger partial charge in [-0.3, -0.25) is 4.68 Å². The molecule has 0 saturated heterocycles. The molecular weight excluding hydrogens is 343 g/mol. The summed E-state index contributed by atoms with van der Waals surface area (Å²) in [7, 11) is 1.88. The number of benzene rings is 1. The second-order valence-electron chi connectivity index (χ2n) is 4.60. The predicted molar refractivity (Wildman–Crippen MR) is 81.7 cm³/mol. The fourth-order valence-electron chi connectivity index (χ4n) is 2.20. The fourth-order valence-corrected chi connectivity index (χ4v) is 2.84. The molecule has 104 valence electrons. The first-order chi connectivity index (χ1) is 9.54. The monoisotopic (exact) mass is 354 g/mol. The highest BCUT2D eigenvalue weighted by molar-refractivity contribution is 9.10. The Balaban J connectivity index is 1.96. The molecule has 0 fully saturated rings. The molecule has 0 amide bonds. The standard InChI is InChI=1S/C13H12BrFN4S/c1-18-4-2-8(17-18)3-5-19-12-7-10(15)9(14)6-11(12)16-13(19)20/h2,4,6-7H,3,5H2,1H3,(H,16,20). The average Bonchev–Trinajstić information content (AvgIpc) is 2.92. The molecule has 0 aliphatic rings. The van der Waals surface area contributed by atoms with E-state index in [0.29, 0.717) is 15.8 Å². The molecule has 2 heterocycles. The molecule has 20 heavy (non-hydrogen) atoms. The summed E-state index contributed by atoms with van der Waals surface area (Å²) in [6, 6.07) is 5.16. The Morgan fingerprint density at radius 3 is 2.95 bits per heavy atom. The van der Waals surface area contributed by atoms with Crippen molar-refractivity contribution in [3.05, 3.63) is 45.2 Å². The van der Waals surface area contributed by atoms with Crippen LogP contribution in [0, 0.1) is 10.6 Å². The van der Waals surface area contributed by atoms with Gasteiger partial charge in [0, 0.05) is 32.3 Å². The molecule has 7 heteroatoms. The lowest BCUT2D eigenvalue weighted by Crippen LogP contribution is -2.02. The smallest absolute Gasteiger partial charge is 0.178 e. The summed E-state index contributed by atoms with van der Waals surface area (Å²) in [5, 5.41) is 4.33. The Labute approximate surface area is 128 Å². The van der Waals surface area contributed by atoms with Gasteiger partial charge in [-0.25, -0.2) is 4.39 Å². The zero-order valence-corrected chi connectivity index (χ0v) is 13.1. The maximum atomic E-state index is 13.7. The van der Waals surface area contributed by atoms with Crippen molar-refractivity contribution >= 4 is 39.2 Å². The number of aromatic nitrogens is 4. The summed E-state index contributed by atoms with van der Waals surface area (Å²) in [4.78, 5) is 3.09. The van der Waals surface area contributed by atoms with E-state index in [9.17, 15) is 4.39 Å². The first-order valence-corrected chi connectivity index (χ1v) is 7.31. The van der Waals surface area contributed by atoms with Crippen LogP contribution in [-0.4, -0.2) is 19.3 Å². The lowest BCUT2D eigenvalue weighted by atomic mass is 10.3. The highest BCUT2D eigenvalue weighted by Gasteiger charge is 2.09. The summed E-state index contributed by atoms with van der Waals surface area (Å²) in [5.74, 6) is -0.293. The molecule has 4 nitrogen and oxygen atoms in total. The molecule has 0 aliphatic heterocycles. The quantitative estimate of drug-likeness (QED) is 0.730. The number of rotatable bonds is 3. The number of aromatic amines is 1. The van der Waals surface area contributed by atoms with Gasteiger partial charge in [0.2, 0.25) is 0 Å². The predicted octanol–water partition coefficient (Wildman–Crippen LogP) is 3.58. The summed E-state index contributed by atoms with van der Waals surface area (Å²) in [5.41, 5.74) is 2.58. The van der Waals surface area contributed by atoms with Crippen LogP contribution in [0.3, 0.4) is 0 Å². The van der Waals surface area contributed by atoms with Gasteiger partial charge < -0.3 is 9.55 Å². The Morgan fingerprint density at radius 2 is 2.25 bits per heavy atom. The maximum Gasteiger partial charge on any atom is 0.178 e. The molecule has 0 bridgehead atoms. The molecule has 0 saturated carbocycles. The Hall–Kier alpha value is -1.47. The third-order valence-electron chi connectivity index (χ3n) is 3.18. The van der Waals surface area contributed by atoms with Gasteiger partial charge in [0.25, 0.3) is 0 Å². The molecule has 3 aromatic rings. The Morgan fingerprint density at radius 1 is 1.45 bits per heavy atom. The molecule has 3 rings (SSSR count). The topological polar surface area (TPSA) is 38.5 Å². The molecule has 0 aliphatic carbocycles. The maximum absolute atomic E-state index is 13.7. The minimum Gasteiger partial charge on any atom is -0.331 e. The molecular formula is C13H12BrFN4S. The van der Waals surface area contributed by atoms with Crippen LogP contribution in [0.15, 0.2) is 28.9 Å². The van der Waals surface area contributed by atoms with Crippen molar-refractivity contribution < 1.29 is 4.39 Å². The average molecular weight is 355 g/mol. The summed E-state index contributed by atoms with van der Waals surface area (Å²) in [6.07, 6.45) is 2.65. The van der Waals surface area contributed by atoms with Crippen LogP contribution in [-0.2, 0) is 20.0 Å². The van der Waals surface area contributed by atoms with E-state index in [1.165, 1.54) is 6.07 Å². The van der Waals surface area contributed by atoms with Crippen LogP contribution in [0.25, 0.3) is 11.0 Å². The van der Waals surface area contributed by atoms with E-state index in [2.05, 4.69) is 26.0 Å². The molecule has 2 aromatic heterocycles. The van der Waals surface area contributed by atoms with Crippen molar-refractivity contribution in [3.8, 4) is 0 Å². The fraction of sp³-hybridized carbons (Fsp3) is 0.231. The molecule has 1 aromatic carbocycles. The van der Waals surface area contributed by atoms with E-state index in [-0.39, 0.29) is 5.82 Å². The van der Waals surface area contributed by atoms with Crippen molar-refractivity contribution in [2.24, 2.45) is 7.05 Å². The first-order valence-electron chi connectivity index (χ1n) is 6.10. The number of H-pyrrole nitrogens is 1. The molecule has 0 radical (unpaired) electrons. The van der Waals surface area contributed by atoms with Crippen LogP contribution in [0.2, 0.25) is 0 Å². The van der Waals surface area contributed by atoms with Crippen molar-refractivity contribution in [1.29, 1.82) is 0 Å². The van der Waals surface area contributed by atoms with Gasteiger partial charge in [-0.05, 0) is 40.3 Å². The molecule has 0 unspecified atom stereocenters. The number of fused-ring (bicyclic) bond motifs is 1. The van der Waals surface area contributed by atoms with E-state index < -0.39 is 0 Å². The lowest BCUT2D eigenvalue weighted by molar-refractivity contribution is 0.620. The minimum atomic E-state index is -0.293. The molecule has 1 N–H and O–H groups in total. The minimum absolute atomic E-state index is 0.293. The van der Waals surface area contributed by atoms with E-state index >= 15 is 0 Å². The molecule has 0 atom stereocenters. The van der Waals surface area contributed by atoms with E-state index in [0.717, 1.165) is 23.1 Å². The number of imidazole rings is 1. The van der Waals surface area contributed by atoms with Crippen molar-refractivity contribution in [3.63, 3.8) is 0 Å². The summed E-state index contributed by atoms with van der Waals surface area (Å²) < 4.78 is 18.4. The van der Waals surface area contributed by atoms with Gasteiger partial charge in [0.1, 0.15) is 5.82 Å². The van der Waals surface area contributed by atoms with Crippen molar-refractivity contribution in [2.45, 2.75) is 13.0 Å². The normalized spacial score (nSPS) is 11.3. The van der Waals surface area contributed by atoms with Gasteiger partial charge in [-0.2, -0.15) is 5.10 Å². The highest BCUT2D eigenvalue weighted by Crippen LogP contribution is 2.23. The highest BCUT2D eigenvalue weighted by atomic mass is 79.9. The third-order valence-corrected chi connectivity index (χ3v) is 4.11. The SMILES string of the molecule is Cn1ccc(CCn2c(=S)[nH]c3cc(Br)c(F)cc32)n1. The van der Waals surface area contributed by atoms with Crippen LogP contribution in [0.5, 0.6) is 0 Å². The van der Waals surface area contributed by atoms with Gasteiger partial charge >= 0.3 is 0 Å². The summed E-state index contributed by atoms with van der Waals surface area (Å²) in [6.45, 7) is 0.664. The van der Waals surface area contributed by atoms with Crippen LogP contribution in [0.1, 0.15) is 5.69 Å². The Kier molecular flexibility index (Phi) is 3.47. The van der Waals surface area contributed by atoms with E-state index in [1.54, 1.807) is 10.7 Å². The second-order valence-corrected chi connectivity index (χ2v) is 5.84. The Bertz CT molecular complexity index is 833. The molecule has 0 spiro atoms. The van der Waals surface area contributed by atoms with Crippen LogP contribution in [0.4, 0.5) is 4.39 Å². The summed E-state index contributed by atoms with van der Waals surface area (Å²) >= 11 is 8.48. The van der Waals surface area contributed by atoms with Gasteiger partial charge in [-0.1, -0.05) is 0 Å². The third kappa shape index (κ3) is 2.43. The van der Waals surface area contributed by atoms with Gasteiger partial charge in [0.15, 0.2) is 4.77 Å². The van der Waals surface area contributed by atoms with E-state index in [4.69, 9.17) is 12.2 Å². The zero-order valence-electron chi connectivity index (χ0n) is 10.7. The van der Waals surface area contributed by atoms with Crippen molar-refractivity contribution in [2.75, 3.05) is 0 Å². The second kappa shape index (κ2) is 5.14. The van der Waals surface area contributed by atoms with Crippen molar-refractivity contribution in [1.82, 2.24) is 19.3 Å². The number of halogens is 2. The largest absolute Gasteiger partial charge is 0.331 e. The van der Waals surface area contributed by atoms with Crippen LogP contribution < -0.4 is 0 Å². The number of aryl methyl sites for hydroxylation is 3. The van der Waals surface area contributed by atoms with Gasteiger partial charge in [0.05, 0.1) is 21.2 Å².